The lowest BCUT2D eigenvalue weighted by atomic mass is 9.96. The van der Waals surface area contributed by atoms with E-state index >= 15 is 0 Å². The summed E-state index contributed by atoms with van der Waals surface area (Å²) in [6.07, 6.45) is 2.97. The molecule has 1 saturated heterocycles. The van der Waals surface area contributed by atoms with Gasteiger partial charge in [-0.15, -0.1) is 11.3 Å². The van der Waals surface area contributed by atoms with Crippen LogP contribution < -0.4 is 5.32 Å². The number of rotatable bonds is 6. The van der Waals surface area contributed by atoms with Crippen LogP contribution in [0.5, 0.6) is 0 Å². The number of nitrogens with one attached hydrogen (secondary N) is 1. The summed E-state index contributed by atoms with van der Waals surface area (Å²) in [5.74, 6) is 0.195. The molecule has 1 aliphatic rings. The van der Waals surface area contributed by atoms with Crippen molar-refractivity contribution in [3.05, 3.63) is 15.6 Å². The Kier molecular flexibility index (Phi) is 5.94. The van der Waals surface area contributed by atoms with Gasteiger partial charge in [0.1, 0.15) is 0 Å². The zero-order valence-electron chi connectivity index (χ0n) is 13.6. The molecule has 0 aliphatic carbocycles. The van der Waals surface area contributed by atoms with Crippen molar-refractivity contribution in [3.8, 4) is 0 Å². The molecule has 0 radical (unpaired) electrons. The Balaban J connectivity index is 1.70. The fourth-order valence-corrected chi connectivity index (χ4v) is 3.65. The summed E-state index contributed by atoms with van der Waals surface area (Å²) in [6.45, 7) is 7.99. The number of carbonyl (C=O) groups is 2. The SMILES string of the molecule is CCN1CC(C(=O)NCCCc2nc(C)c(C)s2)CCC1=O. The van der Waals surface area contributed by atoms with Gasteiger partial charge in [0.15, 0.2) is 0 Å². The maximum absolute atomic E-state index is 12.2. The number of amides is 2. The number of hydrogen-bond acceptors (Lipinski definition) is 4. The van der Waals surface area contributed by atoms with Crippen molar-refractivity contribution in [1.82, 2.24) is 15.2 Å². The van der Waals surface area contributed by atoms with E-state index in [1.54, 1.807) is 16.2 Å². The number of carbonyl (C=O) groups excluding carboxylic acids is 2. The monoisotopic (exact) mass is 323 g/mol. The molecule has 1 aromatic rings. The largest absolute Gasteiger partial charge is 0.356 e. The molecule has 0 bridgehead atoms. The predicted octanol–water partition coefficient (Wildman–Crippen LogP) is 2.07. The summed E-state index contributed by atoms with van der Waals surface area (Å²) in [5.41, 5.74) is 1.11. The molecule has 5 nitrogen and oxygen atoms in total. The lowest BCUT2D eigenvalue weighted by Gasteiger charge is -2.31. The van der Waals surface area contributed by atoms with Crippen LogP contribution in [0.4, 0.5) is 0 Å². The number of aryl methyl sites for hydroxylation is 3. The molecule has 22 heavy (non-hydrogen) atoms. The minimum atomic E-state index is -0.0537. The maximum Gasteiger partial charge on any atom is 0.224 e. The maximum atomic E-state index is 12.2. The molecule has 1 unspecified atom stereocenters. The van der Waals surface area contributed by atoms with E-state index in [-0.39, 0.29) is 17.7 Å². The predicted molar refractivity (Wildman–Crippen MR) is 87.9 cm³/mol. The van der Waals surface area contributed by atoms with Crippen molar-refractivity contribution >= 4 is 23.2 Å². The third-order valence-corrected chi connectivity index (χ3v) is 5.32. The summed E-state index contributed by atoms with van der Waals surface area (Å²) < 4.78 is 0. The Morgan fingerprint density at radius 2 is 2.23 bits per heavy atom. The van der Waals surface area contributed by atoms with Gasteiger partial charge in [0.05, 0.1) is 16.6 Å². The highest BCUT2D eigenvalue weighted by atomic mass is 32.1. The van der Waals surface area contributed by atoms with E-state index in [1.807, 2.05) is 13.8 Å². The van der Waals surface area contributed by atoms with Crippen molar-refractivity contribution in [1.29, 1.82) is 0 Å². The van der Waals surface area contributed by atoms with Gasteiger partial charge < -0.3 is 10.2 Å². The van der Waals surface area contributed by atoms with Gasteiger partial charge in [0.2, 0.25) is 11.8 Å². The van der Waals surface area contributed by atoms with Crippen molar-refractivity contribution < 1.29 is 9.59 Å². The van der Waals surface area contributed by atoms with Crippen LogP contribution in [0.3, 0.4) is 0 Å². The highest BCUT2D eigenvalue weighted by molar-refractivity contribution is 7.11. The zero-order chi connectivity index (χ0) is 16.1. The lowest BCUT2D eigenvalue weighted by Crippen LogP contribution is -2.45. The van der Waals surface area contributed by atoms with Crippen LogP contribution in [-0.2, 0) is 16.0 Å². The van der Waals surface area contributed by atoms with E-state index in [4.69, 9.17) is 0 Å². The van der Waals surface area contributed by atoms with Gasteiger partial charge in [-0.1, -0.05) is 0 Å². The van der Waals surface area contributed by atoms with Gasteiger partial charge in [-0.2, -0.15) is 0 Å². The molecular formula is C16H25N3O2S. The number of nitrogens with zero attached hydrogens (tertiary/aromatic N) is 2. The average molecular weight is 323 g/mol. The first-order valence-corrected chi connectivity index (χ1v) is 8.81. The molecule has 1 aromatic heterocycles. The number of thiazole rings is 1. The lowest BCUT2D eigenvalue weighted by molar-refractivity contribution is -0.138. The molecule has 1 N–H and O–H groups in total. The molecule has 0 spiro atoms. The van der Waals surface area contributed by atoms with Crippen LogP contribution in [0, 0.1) is 19.8 Å². The first-order chi connectivity index (χ1) is 10.5. The normalized spacial score (nSPS) is 18.6. The van der Waals surface area contributed by atoms with E-state index < -0.39 is 0 Å². The minimum absolute atomic E-state index is 0.0537. The first kappa shape index (κ1) is 16.9. The molecule has 2 amide bonds. The Bertz CT molecular complexity index is 522. The Labute approximate surface area is 136 Å². The van der Waals surface area contributed by atoms with Gasteiger partial charge in [0, 0.05) is 37.4 Å². The van der Waals surface area contributed by atoms with Gasteiger partial charge >= 0.3 is 0 Å². The van der Waals surface area contributed by atoms with Crippen LogP contribution in [0.15, 0.2) is 0 Å². The number of likely N-dealkylation sites (tertiary alicyclic amines) is 1. The van der Waals surface area contributed by atoms with E-state index in [9.17, 15) is 9.59 Å². The third-order valence-electron chi connectivity index (χ3n) is 4.19. The van der Waals surface area contributed by atoms with Gasteiger partial charge in [-0.25, -0.2) is 4.98 Å². The highest BCUT2D eigenvalue weighted by Gasteiger charge is 2.28. The Morgan fingerprint density at radius 3 is 2.86 bits per heavy atom. The second kappa shape index (κ2) is 7.72. The second-order valence-electron chi connectivity index (χ2n) is 5.81. The molecule has 2 rings (SSSR count). The molecular weight excluding hydrogens is 298 g/mol. The minimum Gasteiger partial charge on any atom is -0.356 e. The van der Waals surface area contributed by atoms with Crippen LogP contribution >= 0.6 is 11.3 Å². The number of aromatic nitrogens is 1. The molecule has 1 aliphatic heterocycles. The molecule has 6 heteroatoms. The van der Waals surface area contributed by atoms with Crippen LogP contribution in [0.2, 0.25) is 0 Å². The third kappa shape index (κ3) is 4.29. The van der Waals surface area contributed by atoms with E-state index in [1.165, 1.54) is 4.88 Å². The molecule has 122 valence electrons. The summed E-state index contributed by atoms with van der Waals surface area (Å²) in [6, 6.07) is 0. The Morgan fingerprint density at radius 1 is 1.45 bits per heavy atom. The van der Waals surface area contributed by atoms with Crippen LogP contribution in [-0.4, -0.2) is 41.3 Å². The summed E-state index contributed by atoms with van der Waals surface area (Å²) >= 11 is 1.74. The average Bonchev–Trinajstić information content (AvgIpc) is 2.82. The van der Waals surface area contributed by atoms with E-state index in [2.05, 4.69) is 17.2 Å². The fourth-order valence-electron chi connectivity index (χ4n) is 2.68. The van der Waals surface area contributed by atoms with Gasteiger partial charge in [-0.05, 0) is 33.6 Å². The van der Waals surface area contributed by atoms with E-state index in [0.717, 1.165) is 23.5 Å². The molecule has 0 saturated carbocycles. The van der Waals surface area contributed by atoms with Gasteiger partial charge in [0.25, 0.3) is 0 Å². The molecule has 1 atom stereocenters. The molecule has 2 heterocycles. The summed E-state index contributed by atoms with van der Waals surface area (Å²) in [5, 5.41) is 4.15. The van der Waals surface area contributed by atoms with Crippen molar-refractivity contribution in [2.24, 2.45) is 5.92 Å². The fraction of sp³-hybridized carbons (Fsp3) is 0.688. The standard InChI is InChI=1S/C16H25N3O2S/c1-4-19-10-13(7-8-15(19)20)16(21)17-9-5-6-14-18-11(2)12(3)22-14/h13H,4-10H2,1-3H3,(H,17,21). The summed E-state index contributed by atoms with van der Waals surface area (Å²) in [4.78, 5) is 31.4. The highest BCUT2D eigenvalue weighted by Crippen LogP contribution is 2.18. The zero-order valence-corrected chi connectivity index (χ0v) is 14.5. The molecule has 0 aromatic carbocycles. The number of hydrogen-bond donors (Lipinski definition) is 1. The van der Waals surface area contributed by atoms with Crippen molar-refractivity contribution in [2.75, 3.05) is 19.6 Å². The van der Waals surface area contributed by atoms with E-state index in [0.29, 0.717) is 32.5 Å². The topological polar surface area (TPSA) is 62.3 Å². The van der Waals surface area contributed by atoms with Gasteiger partial charge in [-0.3, -0.25) is 9.59 Å². The van der Waals surface area contributed by atoms with Crippen molar-refractivity contribution in [2.45, 2.75) is 46.5 Å². The Hall–Kier alpha value is -1.43. The second-order valence-corrected chi connectivity index (χ2v) is 7.10. The smallest absolute Gasteiger partial charge is 0.224 e. The first-order valence-electron chi connectivity index (χ1n) is 7.99. The quantitative estimate of drug-likeness (QED) is 0.815. The summed E-state index contributed by atoms with van der Waals surface area (Å²) in [7, 11) is 0. The van der Waals surface area contributed by atoms with Crippen LogP contribution in [0.25, 0.3) is 0 Å². The van der Waals surface area contributed by atoms with Crippen molar-refractivity contribution in [3.63, 3.8) is 0 Å². The number of piperidine rings is 1. The van der Waals surface area contributed by atoms with Crippen LogP contribution in [0.1, 0.15) is 41.8 Å². The molecule has 1 fully saturated rings.